The summed E-state index contributed by atoms with van der Waals surface area (Å²) in [5.41, 5.74) is 1.15. The second kappa shape index (κ2) is 9.58. The molecule has 1 atom stereocenters. The lowest BCUT2D eigenvalue weighted by atomic mass is 9.99. The number of anilines is 1. The average Bonchev–Trinajstić information content (AvgIpc) is 2.65. The van der Waals surface area contributed by atoms with Gasteiger partial charge in [0.15, 0.2) is 0 Å². The molecule has 1 fully saturated rings. The maximum atomic E-state index is 13.6. The van der Waals surface area contributed by atoms with Crippen LogP contribution >= 0.6 is 0 Å². The molecule has 1 heterocycles. The van der Waals surface area contributed by atoms with Crippen molar-refractivity contribution in [2.45, 2.75) is 19.4 Å². The summed E-state index contributed by atoms with van der Waals surface area (Å²) in [4.78, 5) is 14.2. The van der Waals surface area contributed by atoms with E-state index in [4.69, 9.17) is 4.74 Å². The maximum Gasteiger partial charge on any atom is 0.238 e. The maximum absolute atomic E-state index is 13.6. The second-order valence-corrected chi connectivity index (χ2v) is 6.92. The molecular formula is C21H24F2N2O2. The molecule has 1 aliphatic heterocycles. The fourth-order valence-electron chi connectivity index (χ4n) is 3.33. The molecule has 0 bridgehead atoms. The van der Waals surface area contributed by atoms with E-state index in [1.54, 1.807) is 0 Å². The van der Waals surface area contributed by atoms with Gasteiger partial charge in [0.05, 0.1) is 25.4 Å². The summed E-state index contributed by atoms with van der Waals surface area (Å²) in [5, 5.41) is 2.51. The van der Waals surface area contributed by atoms with Crippen LogP contribution in [0.15, 0.2) is 48.5 Å². The molecule has 6 heteroatoms. The molecule has 2 aromatic rings. The molecule has 27 heavy (non-hydrogen) atoms. The summed E-state index contributed by atoms with van der Waals surface area (Å²) in [6.45, 7) is 3.02. The van der Waals surface area contributed by atoms with Crippen molar-refractivity contribution < 1.29 is 18.3 Å². The highest BCUT2D eigenvalue weighted by Gasteiger charge is 2.22. The molecule has 0 spiro atoms. The van der Waals surface area contributed by atoms with E-state index in [1.807, 2.05) is 30.3 Å². The van der Waals surface area contributed by atoms with Gasteiger partial charge in [-0.05, 0) is 43.0 Å². The van der Waals surface area contributed by atoms with Gasteiger partial charge in [-0.25, -0.2) is 8.78 Å². The van der Waals surface area contributed by atoms with Crippen LogP contribution in [0.25, 0.3) is 0 Å². The zero-order valence-electron chi connectivity index (χ0n) is 15.2. The van der Waals surface area contributed by atoms with Crippen LogP contribution in [0.3, 0.4) is 0 Å². The monoisotopic (exact) mass is 374 g/mol. The molecule has 1 N–H and O–H groups in total. The predicted octanol–water partition coefficient (Wildman–Crippen LogP) is 3.83. The topological polar surface area (TPSA) is 41.6 Å². The second-order valence-electron chi connectivity index (χ2n) is 6.92. The number of carbonyl (C=O) groups is 1. The van der Waals surface area contributed by atoms with Crippen molar-refractivity contribution in [3.63, 3.8) is 0 Å². The Bertz CT molecular complexity index is 755. The van der Waals surface area contributed by atoms with Crippen LogP contribution in [0.5, 0.6) is 0 Å². The zero-order chi connectivity index (χ0) is 19.1. The first kappa shape index (κ1) is 19.5. The number of carbonyl (C=O) groups excluding carboxylic acids is 1. The minimum absolute atomic E-state index is 0.00107. The molecule has 0 saturated carbocycles. The quantitative estimate of drug-likeness (QED) is 0.801. The first-order chi connectivity index (χ1) is 13.1. The summed E-state index contributed by atoms with van der Waals surface area (Å²) in [7, 11) is 0. The molecule has 0 radical (unpaired) electrons. The van der Waals surface area contributed by atoms with E-state index < -0.39 is 11.6 Å². The van der Waals surface area contributed by atoms with E-state index in [-0.39, 0.29) is 18.1 Å². The van der Waals surface area contributed by atoms with Crippen LogP contribution in [-0.2, 0) is 16.1 Å². The molecular weight excluding hydrogens is 350 g/mol. The number of hydrogen-bond acceptors (Lipinski definition) is 3. The van der Waals surface area contributed by atoms with E-state index in [9.17, 15) is 13.6 Å². The number of piperidine rings is 1. The van der Waals surface area contributed by atoms with Crippen molar-refractivity contribution >= 4 is 11.6 Å². The molecule has 1 saturated heterocycles. The molecule has 144 valence electrons. The third-order valence-corrected chi connectivity index (χ3v) is 4.64. The van der Waals surface area contributed by atoms with Gasteiger partial charge in [0, 0.05) is 12.6 Å². The Kier molecular flexibility index (Phi) is 6.90. The Balaban J connectivity index is 1.42. The summed E-state index contributed by atoms with van der Waals surface area (Å²) < 4.78 is 32.4. The lowest BCUT2D eigenvalue weighted by Crippen LogP contribution is -2.41. The lowest BCUT2D eigenvalue weighted by molar-refractivity contribution is -0.117. The van der Waals surface area contributed by atoms with Crippen LogP contribution in [0.4, 0.5) is 14.5 Å². The molecule has 1 amide bonds. The van der Waals surface area contributed by atoms with Gasteiger partial charge in [0.1, 0.15) is 11.6 Å². The first-order valence-electron chi connectivity index (χ1n) is 9.19. The van der Waals surface area contributed by atoms with Gasteiger partial charge in [0.25, 0.3) is 0 Å². The van der Waals surface area contributed by atoms with Crippen molar-refractivity contribution in [3.8, 4) is 0 Å². The third kappa shape index (κ3) is 6.12. The molecule has 3 rings (SSSR count). The fraction of sp³-hybridized carbons (Fsp3) is 0.381. The highest BCUT2D eigenvalue weighted by molar-refractivity contribution is 5.92. The number of halogens is 2. The SMILES string of the molecule is O=C(CN1CCC[C@@H](COCc2ccccc2)C1)Nc1ccc(F)cc1F. The van der Waals surface area contributed by atoms with E-state index in [0.29, 0.717) is 19.1 Å². The lowest BCUT2D eigenvalue weighted by Gasteiger charge is -2.32. The number of nitrogens with one attached hydrogen (secondary N) is 1. The summed E-state index contributed by atoms with van der Waals surface area (Å²) >= 11 is 0. The number of amides is 1. The van der Waals surface area contributed by atoms with Crippen molar-refractivity contribution in [3.05, 3.63) is 65.7 Å². The first-order valence-corrected chi connectivity index (χ1v) is 9.19. The van der Waals surface area contributed by atoms with E-state index in [2.05, 4.69) is 10.2 Å². The highest BCUT2D eigenvalue weighted by atomic mass is 19.1. The largest absolute Gasteiger partial charge is 0.376 e. The molecule has 1 aliphatic rings. The van der Waals surface area contributed by atoms with Gasteiger partial charge >= 0.3 is 0 Å². The van der Waals surface area contributed by atoms with E-state index in [0.717, 1.165) is 43.6 Å². The van der Waals surface area contributed by atoms with Crippen molar-refractivity contribution in [1.82, 2.24) is 4.90 Å². The van der Waals surface area contributed by atoms with Crippen molar-refractivity contribution in [1.29, 1.82) is 0 Å². The molecule has 4 nitrogen and oxygen atoms in total. The number of rotatable bonds is 7. The van der Waals surface area contributed by atoms with Crippen LogP contribution in [0.2, 0.25) is 0 Å². The molecule has 0 unspecified atom stereocenters. The Morgan fingerprint density at radius 3 is 2.78 bits per heavy atom. The minimum Gasteiger partial charge on any atom is -0.376 e. The Hall–Kier alpha value is -2.31. The van der Waals surface area contributed by atoms with Crippen LogP contribution in [-0.4, -0.2) is 37.0 Å². The van der Waals surface area contributed by atoms with Crippen molar-refractivity contribution in [2.24, 2.45) is 5.92 Å². The van der Waals surface area contributed by atoms with Gasteiger partial charge in [-0.2, -0.15) is 0 Å². The third-order valence-electron chi connectivity index (χ3n) is 4.64. The van der Waals surface area contributed by atoms with Gasteiger partial charge in [0.2, 0.25) is 5.91 Å². The Morgan fingerprint density at radius 1 is 1.19 bits per heavy atom. The highest BCUT2D eigenvalue weighted by Crippen LogP contribution is 2.18. The molecule has 0 aromatic heterocycles. The number of benzene rings is 2. The van der Waals surface area contributed by atoms with Crippen LogP contribution in [0.1, 0.15) is 18.4 Å². The normalized spacial score (nSPS) is 17.6. The standard InChI is InChI=1S/C21H24F2N2O2/c22-18-8-9-20(19(23)11-18)24-21(26)13-25-10-4-7-17(12-25)15-27-14-16-5-2-1-3-6-16/h1-3,5-6,8-9,11,17H,4,7,10,12-15H2,(H,24,26)/t17-/m1/s1. The smallest absolute Gasteiger partial charge is 0.238 e. The van der Waals surface area contributed by atoms with Crippen LogP contribution in [0, 0.1) is 17.6 Å². The average molecular weight is 374 g/mol. The number of hydrogen-bond donors (Lipinski definition) is 1. The minimum atomic E-state index is -0.769. The van der Waals surface area contributed by atoms with Gasteiger partial charge in [-0.1, -0.05) is 30.3 Å². The summed E-state index contributed by atoms with van der Waals surface area (Å²) in [6.07, 6.45) is 2.07. The fourth-order valence-corrected chi connectivity index (χ4v) is 3.33. The summed E-state index contributed by atoms with van der Waals surface area (Å²) in [5.74, 6) is -1.36. The predicted molar refractivity (Wildman–Crippen MR) is 100 cm³/mol. The van der Waals surface area contributed by atoms with Gasteiger partial charge in [-0.15, -0.1) is 0 Å². The number of nitrogens with zero attached hydrogens (tertiary/aromatic N) is 1. The zero-order valence-corrected chi connectivity index (χ0v) is 15.2. The summed E-state index contributed by atoms with van der Waals surface area (Å²) in [6, 6.07) is 13.1. The van der Waals surface area contributed by atoms with Crippen molar-refractivity contribution in [2.75, 3.05) is 31.6 Å². The Morgan fingerprint density at radius 2 is 2.00 bits per heavy atom. The van der Waals surface area contributed by atoms with Crippen LogP contribution < -0.4 is 5.32 Å². The number of ether oxygens (including phenoxy) is 1. The number of likely N-dealkylation sites (tertiary alicyclic amines) is 1. The molecule has 2 aromatic carbocycles. The van der Waals surface area contributed by atoms with E-state index >= 15 is 0 Å². The molecule has 0 aliphatic carbocycles. The van der Waals surface area contributed by atoms with Gasteiger partial charge < -0.3 is 10.1 Å². The Labute approximate surface area is 158 Å². The van der Waals surface area contributed by atoms with E-state index in [1.165, 1.54) is 6.07 Å². The van der Waals surface area contributed by atoms with Gasteiger partial charge in [-0.3, -0.25) is 9.69 Å².